The number of alkyl halides is 2. The van der Waals surface area contributed by atoms with Gasteiger partial charge in [-0.15, -0.1) is 0 Å². The van der Waals surface area contributed by atoms with E-state index < -0.39 is 18.4 Å². The van der Waals surface area contributed by atoms with Crippen molar-refractivity contribution in [1.82, 2.24) is 0 Å². The molecule has 0 radical (unpaired) electrons. The second-order valence-corrected chi connectivity index (χ2v) is 19.7. The molecular weight excluding hydrogens is 298 g/mol. The molecule has 0 atom stereocenters. The van der Waals surface area contributed by atoms with E-state index in [-0.39, 0.29) is 2.85 Å². The number of benzene rings is 1. The summed E-state index contributed by atoms with van der Waals surface area (Å²) in [4.78, 5) is 4.49. The summed E-state index contributed by atoms with van der Waals surface area (Å²) < 4.78 is 1.21. The predicted octanol–water partition coefficient (Wildman–Crippen LogP) is 2.94. The van der Waals surface area contributed by atoms with Crippen LogP contribution in [0.3, 0.4) is 0 Å². The first-order chi connectivity index (χ1) is 5.55. The van der Waals surface area contributed by atoms with Crippen molar-refractivity contribution in [2.24, 2.45) is 0 Å². The summed E-state index contributed by atoms with van der Waals surface area (Å²) in [7, 11) is 0. The Balaban J connectivity index is 2.98. The molecule has 1 rings (SSSR count). The fourth-order valence-electron chi connectivity index (χ4n) is 0.994. The quantitative estimate of drug-likeness (QED) is 0.582. The first-order valence-electron chi connectivity index (χ1n) is 3.89. The van der Waals surface area contributed by atoms with Gasteiger partial charge in [0.1, 0.15) is 0 Å². The van der Waals surface area contributed by atoms with Gasteiger partial charge in [0.15, 0.2) is 0 Å². The number of halogens is 2. The Morgan fingerprint density at radius 3 is 2.00 bits per heavy atom. The number of hydrogen-bond acceptors (Lipinski definition) is 0. The van der Waals surface area contributed by atoms with Crippen LogP contribution in [0.4, 0.5) is 0 Å². The molecular formula is C9H12Cl2Sn. The van der Waals surface area contributed by atoms with Crippen molar-refractivity contribution in [3.8, 4) is 0 Å². The Hall–Kier alpha value is 0.599. The van der Waals surface area contributed by atoms with Gasteiger partial charge in [0.2, 0.25) is 0 Å². The Bertz CT molecular complexity index is 244. The molecule has 0 spiro atoms. The van der Waals surface area contributed by atoms with Crippen molar-refractivity contribution in [2.75, 3.05) is 0 Å². The molecule has 0 aliphatic carbocycles. The van der Waals surface area contributed by atoms with Gasteiger partial charge >= 0.3 is 88.2 Å². The van der Waals surface area contributed by atoms with Gasteiger partial charge in [-0.05, 0) is 0 Å². The van der Waals surface area contributed by atoms with Gasteiger partial charge in [0.25, 0.3) is 0 Å². The Morgan fingerprint density at radius 1 is 1.08 bits per heavy atom. The standard InChI is InChI=1S/C6H5.CHCl2.2CH3.Sn/c1-2-4-6-5-3-1;2-1-3;;;/h1-5H;1H;2*1H3;. The van der Waals surface area contributed by atoms with Gasteiger partial charge in [0, 0.05) is 0 Å². The zero-order valence-corrected chi connectivity index (χ0v) is 11.6. The predicted molar refractivity (Wildman–Crippen MR) is 59.1 cm³/mol. The Morgan fingerprint density at radius 2 is 1.58 bits per heavy atom. The maximum atomic E-state index is 5.96. The molecule has 0 fully saturated rings. The average molecular weight is 310 g/mol. The van der Waals surface area contributed by atoms with Gasteiger partial charge in [-0.25, -0.2) is 0 Å². The zero-order chi connectivity index (χ0) is 9.19. The Labute approximate surface area is 87.8 Å². The van der Waals surface area contributed by atoms with E-state index in [9.17, 15) is 0 Å². The molecule has 0 amide bonds. The molecule has 0 unspecified atom stereocenters. The van der Waals surface area contributed by atoms with Crippen LogP contribution < -0.4 is 3.58 Å². The van der Waals surface area contributed by atoms with E-state index in [1.165, 1.54) is 3.58 Å². The van der Waals surface area contributed by atoms with Gasteiger partial charge in [-0.2, -0.15) is 0 Å². The van der Waals surface area contributed by atoms with Gasteiger partial charge in [0.05, 0.1) is 0 Å². The Kier molecular flexibility index (Phi) is 3.74. The van der Waals surface area contributed by atoms with Crippen molar-refractivity contribution in [3.63, 3.8) is 0 Å². The third-order valence-electron chi connectivity index (χ3n) is 2.06. The molecule has 3 heteroatoms. The third-order valence-corrected chi connectivity index (χ3v) is 17.7. The van der Waals surface area contributed by atoms with Crippen LogP contribution in [-0.4, -0.2) is 21.2 Å². The summed E-state index contributed by atoms with van der Waals surface area (Å²) in [6.45, 7) is 0. The van der Waals surface area contributed by atoms with Gasteiger partial charge < -0.3 is 0 Å². The van der Waals surface area contributed by atoms with Crippen molar-refractivity contribution in [1.29, 1.82) is 0 Å². The van der Waals surface area contributed by atoms with E-state index in [1.54, 1.807) is 0 Å². The molecule has 0 heterocycles. The molecule has 0 aliphatic heterocycles. The molecule has 0 saturated carbocycles. The normalized spacial score (nSPS) is 12.1. The molecule has 1 aromatic carbocycles. The second-order valence-electron chi connectivity index (χ2n) is 3.39. The fourth-order valence-corrected chi connectivity index (χ4v) is 6.40. The summed E-state index contributed by atoms with van der Waals surface area (Å²) in [5, 5.41) is 0. The minimum absolute atomic E-state index is 0.165. The first-order valence-corrected chi connectivity index (χ1v) is 13.5. The van der Waals surface area contributed by atoms with Crippen LogP contribution in [0.1, 0.15) is 0 Å². The molecule has 12 heavy (non-hydrogen) atoms. The summed E-state index contributed by atoms with van der Waals surface area (Å²) in [5.74, 6) is 0. The topological polar surface area (TPSA) is 0 Å². The van der Waals surface area contributed by atoms with Crippen LogP contribution in [0.2, 0.25) is 9.88 Å². The molecule has 0 saturated heterocycles. The van der Waals surface area contributed by atoms with Gasteiger partial charge in [-0.3, -0.25) is 0 Å². The van der Waals surface area contributed by atoms with Crippen LogP contribution in [0, 0.1) is 0 Å². The second kappa shape index (κ2) is 4.21. The molecule has 1 aromatic rings. The molecule has 0 N–H and O–H groups in total. The van der Waals surface area contributed by atoms with Crippen molar-refractivity contribution >= 4 is 45.2 Å². The number of rotatable bonds is 2. The van der Waals surface area contributed by atoms with E-state index in [0.717, 1.165) is 0 Å². The van der Waals surface area contributed by atoms with Crippen molar-refractivity contribution in [3.05, 3.63) is 30.3 Å². The fraction of sp³-hybridized carbons (Fsp3) is 0.333. The third kappa shape index (κ3) is 2.30. The van der Waals surface area contributed by atoms with E-state index in [0.29, 0.717) is 0 Å². The maximum absolute atomic E-state index is 5.96. The van der Waals surface area contributed by atoms with E-state index in [2.05, 4.69) is 22.0 Å². The van der Waals surface area contributed by atoms with E-state index >= 15 is 0 Å². The van der Waals surface area contributed by atoms with Crippen LogP contribution in [-0.2, 0) is 0 Å². The van der Waals surface area contributed by atoms with Crippen molar-refractivity contribution < 1.29 is 0 Å². The van der Waals surface area contributed by atoms with Crippen LogP contribution >= 0.6 is 23.2 Å². The summed E-state index contributed by atoms with van der Waals surface area (Å²) in [6, 6.07) is 10.4. The van der Waals surface area contributed by atoms with Crippen LogP contribution in [0.25, 0.3) is 0 Å². The summed E-state index contributed by atoms with van der Waals surface area (Å²) >= 11 is 9.56. The number of hydrogen-bond donors (Lipinski definition) is 0. The van der Waals surface area contributed by atoms with E-state index in [4.69, 9.17) is 23.2 Å². The SMILES string of the molecule is [CH3][Sn]([CH3])([c]1ccccc1)[CH](Cl)Cl. The first kappa shape index (κ1) is 10.7. The molecule has 0 aliphatic rings. The van der Waals surface area contributed by atoms with Crippen LogP contribution in [0.5, 0.6) is 0 Å². The molecule has 66 valence electrons. The van der Waals surface area contributed by atoms with E-state index in [1.807, 2.05) is 18.2 Å². The minimum atomic E-state index is -2.37. The van der Waals surface area contributed by atoms with Gasteiger partial charge in [-0.1, -0.05) is 0 Å². The molecule has 0 nitrogen and oxygen atoms in total. The van der Waals surface area contributed by atoms with Crippen LogP contribution in [0.15, 0.2) is 30.3 Å². The molecule has 0 bridgehead atoms. The average Bonchev–Trinajstić information content (AvgIpc) is 2.06. The monoisotopic (exact) mass is 310 g/mol. The molecule has 0 aromatic heterocycles. The summed E-state index contributed by atoms with van der Waals surface area (Å²) in [6.07, 6.45) is 0. The summed E-state index contributed by atoms with van der Waals surface area (Å²) in [5.41, 5.74) is 0. The van der Waals surface area contributed by atoms with Crippen molar-refractivity contribution in [2.45, 2.75) is 12.7 Å². The zero-order valence-electron chi connectivity index (χ0n) is 7.22.